The van der Waals surface area contributed by atoms with E-state index in [1.807, 2.05) is 82.6 Å². The van der Waals surface area contributed by atoms with Crippen LogP contribution >= 0.6 is 11.8 Å². The summed E-state index contributed by atoms with van der Waals surface area (Å²) in [5.74, 6) is -1.68. The molecular formula is C34H39N3O4S. The van der Waals surface area contributed by atoms with Crippen LogP contribution in [0.1, 0.15) is 43.4 Å². The fourth-order valence-corrected chi connectivity index (χ4v) is 9.23. The van der Waals surface area contributed by atoms with Crippen LogP contribution in [0.2, 0.25) is 0 Å². The van der Waals surface area contributed by atoms with E-state index in [2.05, 4.69) is 19.1 Å². The largest absolute Gasteiger partial charge is 0.394 e. The molecule has 4 heterocycles. The van der Waals surface area contributed by atoms with Crippen molar-refractivity contribution < 1.29 is 19.5 Å². The van der Waals surface area contributed by atoms with E-state index in [0.717, 1.165) is 30.4 Å². The van der Waals surface area contributed by atoms with Crippen LogP contribution in [0.4, 0.5) is 0 Å². The summed E-state index contributed by atoms with van der Waals surface area (Å²) in [5, 5.41) is 10.5. The summed E-state index contributed by atoms with van der Waals surface area (Å²) in [6.45, 7) is 3.86. The Hall–Kier alpha value is -3.36. The van der Waals surface area contributed by atoms with Crippen molar-refractivity contribution in [1.82, 2.24) is 14.7 Å². The van der Waals surface area contributed by atoms with Gasteiger partial charge < -0.3 is 19.8 Å². The number of benzene rings is 2. The maximum absolute atomic E-state index is 14.7. The SMILES string of the molecule is CCCCCN1CC=C[C@]23S[C@@H]4C=CCN(Cc5ccccc5)C(=O)[C@@H]4[C@H]2C(=O)N([C@H](CO)c2ccccc2)C3C1=O. The molecule has 0 radical (unpaired) electrons. The first-order valence-electron chi connectivity index (χ1n) is 15.1. The van der Waals surface area contributed by atoms with E-state index >= 15 is 0 Å². The van der Waals surface area contributed by atoms with Crippen molar-refractivity contribution in [2.24, 2.45) is 11.8 Å². The highest BCUT2D eigenvalue weighted by Gasteiger charge is 2.71. The zero-order valence-corrected chi connectivity index (χ0v) is 24.9. The summed E-state index contributed by atoms with van der Waals surface area (Å²) < 4.78 is -0.902. The second kappa shape index (κ2) is 12.1. The van der Waals surface area contributed by atoms with Crippen LogP contribution in [-0.2, 0) is 20.9 Å². The number of carbonyl (C=O) groups excluding carboxylic acids is 3. The second-order valence-corrected chi connectivity index (χ2v) is 13.2. The van der Waals surface area contributed by atoms with Crippen molar-refractivity contribution in [3.63, 3.8) is 0 Å². The molecule has 0 aromatic heterocycles. The molecule has 0 saturated carbocycles. The monoisotopic (exact) mass is 585 g/mol. The molecule has 7 nitrogen and oxygen atoms in total. The predicted octanol–water partition coefficient (Wildman–Crippen LogP) is 4.20. The van der Waals surface area contributed by atoms with Crippen molar-refractivity contribution >= 4 is 29.5 Å². The van der Waals surface area contributed by atoms with Crippen LogP contribution < -0.4 is 0 Å². The first-order chi connectivity index (χ1) is 20.5. The number of rotatable bonds is 9. The predicted molar refractivity (Wildman–Crippen MR) is 164 cm³/mol. The minimum absolute atomic E-state index is 0.0534. The molecular weight excluding hydrogens is 546 g/mol. The van der Waals surface area contributed by atoms with Gasteiger partial charge in [-0.05, 0) is 17.5 Å². The van der Waals surface area contributed by atoms with Crippen LogP contribution in [0.25, 0.3) is 0 Å². The molecule has 1 N–H and O–H groups in total. The van der Waals surface area contributed by atoms with Crippen LogP contribution in [0.3, 0.4) is 0 Å². The van der Waals surface area contributed by atoms with Crippen molar-refractivity contribution in [3.8, 4) is 0 Å². The van der Waals surface area contributed by atoms with Gasteiger partial charge in [-0.3, -0.25) is 14.4 Å². The van der Waals surface area contributed by atoms with Gasteiger partial charge in [0.05, 0.1) is 29.2 Å². The average Bonchev–Trinajstić information content (AvgIpc) is 3.33. The van der Waals surface area contributed by atoms with Gasteiger partial charge in [-0.2, -0.15) is 0 Å². The van der Waals surface area contributed by atoms with E-state index in [1.54, 1.807) is 16.7 Å². The second-order valence-electron chi connectivity index (χ2n) is 11.7. The molecule has 3 amide bonds. The molecule has 1 unspecified atom stereocenters. The third-order valence-electron chi connectivity index (χ3n) is 9.20. The topological polar surface area (TPSA) is 81.2 Å². The molecule has 6 rings (SSSR count). The number of aliphatic hydroxyl groups is 1. The molecule has 2 saturated heterocycles. The molecule has 42 heavy (non-hydrogen) atoms. The lowest BCUT2D eigenvalue weighted by atomic mass is 9.78. The molecule has 2 aromatic carbocycles. The Morgan fingerprint density at radius 3 is 2.33 bits per heavy atom. The fourth-order valence-electron chi connectivity index (χ4n) is 7.24. The molecule has 1 spiro atoms. The maximum atomic E-state index is 14.7. The number of likely N-dealkylation sites (tertiary alicyclic amines) is 1. The van der Waals surface area contributed by atoms with E-state index in [-0.39, 0.29) is 29.6 Å². The van der Waals surface area contributed by atoms with Gasteiger partial charge in [0, 0.05) is 31.4 Å². The van der Waals surface area contributed by atoms with Crippen molar-refractivity contribution in [1.29, 1.82) is 0 Å². The van der Waals surface area contributed by atoms with Crippen molar-refractivity contribution in [2.75, 3.05) is 26.2 Å². The van der Waals surface area contributed by atoms with Gasteiger partial charge in [0.25, 0.3) is 0 Å². The van der Waals surface area contributed by atoms with E-state index in [4.69, 9.17) is 0 Å². The average molecular weight is 586 g/mol. The van der Waals surface area contributed by atoms with E-state index < -0.39 is 28.7 Å². The van der Waals surface area contributed by atoms with Gasteiger partial charge >= 0.3 is 0 Å². The normalized spacial score (nSPS) is 29.3. The Bertz CT molecular complexity index is 1370. The summed E-state index contributed by atoms with van der Waals surface area (Å²) in [6, 6.07) is 17.8. The third kappa shape index (κ3) is 4.88. The van der Waals surface area contributed by atoms with Gasteiger partial charge in [-0.1, -0.05) is 105 Å². The first kappa shape index (κ1) is 28.7. The number of unbranched alkanes of at least 4 members (excludes halogenated alkanes) is 2. The number of thioether (sulfide) groups is 1. The minimum Gasteiger partial charge on any atom is -0.394 e. The number of hydrogen-bond acceptors (Lipinski definition) is 5. The Labute approximate surface area is 252 Å². The number of amides is 3. The highest BCUT2D eigenvalue weighted by Crippen LogP contribution is 2.62. The van der Waals surface area contributed by atoms with Crippen molar-refractivity contribution in [2.45, 2.75) is 54.8 Å². The Kier molecular flexibility index (Phi) is 8.28. The summed E-state index contributed by atoms with van der Waals surface area (Å²) in [4.78, 5) is 48.9. The summed E-state index contributed by atoms with van der Waals surface area (Å²) in [7, 11) is 0. The maximum Gasteiger partial charge on any atom is 0.247 e. The standard InChI is InChI=1S/C34H39N3O4S/c1-2-3-10-19-35-21-12-18-34-29(32(40)37(30(34)33(35)41)26(23-38)25-15-8-5-9-16-25)28-27(42-34)17-11-20-36(31(28)39)22-24-13-6-4-7-14-24/h4-9,11-18,26-30,38H,2-3,10,19-23H2,1H3/t26-,27-,28+,29+,30?,34+/m1/s1. The third-order valence-corrected chi connectivity index (χ3v) is 10.9. The molecule has 0 aliphatic carbocycles. The molecule has 0 bridgehead atoms. The van der Waals surface area contributed by atoms with E-state index in [1.165, 1.54) is 0 Å². The van der Waals surface area contributed by atoms with Gasteiger partial charge in [-0.25, -0.2) is 0 Å². The summed E-state index contributed by atoms with van der Waals surface area (Å²) in [5.41, 5.74) is 1.81. The first-order valence-corrected chi connectivity index (χ1v) is 16.0. The molecule has 4 aliphatic heterocycles. The number of aliphatic hydroxyl groups excluding tert-OH is 1. The Balaban J connectivity index is 1.42. The lowest BCUT2D eigenvalue weighted by Gasteiger charge is -2.38. The number of fused-ring (bicyclic) bond motifs is 2. The Morgan fingerprint density at radius 2 is 1.62 bits per heavy atom. The quantitative estimate of drug-likeness (QED) is 0.353. The highest BCUT2D eigenvalue weighted by molar-refractivity contribution is 8.02. The van der Waals surface area contributed by atoms with E-state index in [0.29, 0.717) is 26.2 Å². The molecule has 2 fully saturated rings. The summed E-state index contributed by atoms with van der Waals surface area (Å²) in [6.07, 6.45) is 11.1. The molecule has 220 valence electrons. The minimum atomic E-state index is -0.902. The van der Waals surface area contributed by atoms with Crippen LogP contribution in [-0.4, -0.2) is 79.8 Å². The molecule has 6 atom stereocenters. The number of carbonyl (C=O) groups is 3. The van der Waals surface area contributed by atoms with E-state index in [9.17, 15) is 19.5 Å². The lowest BCUT2D eigenvalue weighted by Crippen LogP contribution is -2.54. The van der Waals surface area contributed by atoms with Gasteiger partial charge in [0.2, 0.25) is 17.7 Å². The zero-order chi connectivity index (χ0) is 29.3. The summed E-state index contributed by atoms with van der Waals surface area (Å²) >= 11 is 1.59. The molecule has 8 heteroatoms. The zero-order valence-electron chi connectivity index (χ0n) is 24.0. The number of hydrogen-bond donors (Lipinski definition) is 1. The van der Waals surface area contributed by atoms with Crippen molar-refractivity contribution in [3.05, 3.63) is 96.1 Å². The molecule has 2 aromatic rings. The molecule has 4 aliphatic rings. The Morgan fingerprint density at radius 1 is 0.905 bits per heavy atom. The van der Waals surface area contributed by atoms with Crippen LogP contribution in [0.15, 0.2) is 85.0 Å². The highest BCUT2D eigenvalue weighted by atomic mass is 32.2. The smallest absolute Gasteiger partial charge is 0.247 e. The lowest BCUT2D eigenvalue weighted by molar-refractivity contribution is -0.147. The van der Waals surface area contributed by atoms with Gasteiger partial charge in [-0.15, -0.1) is 11.8 Å². The van der Waals surface area contributed by atoms with Crippen LogP contribution in [0, 0.1) is 11.8 Å². The fraction of sp³-hybridized carbons (Fsp3) is 0.441. The van der Waals surface area contributed by atoms with Gasteiger partial charge in [0.1, 0.15) is 6.04 Å². The number of nitrogens with zero attached hydrogens (tertiary/aromatic N) is 3. The van der Waals surface area contributed by atoms with Crippen LogP contribution in [0.5, 0.6) is 0 Å². The van der Waals surface area contributed by atoms with Gasteiger partial charge in [0.15, 0.2) is 0 Å².